The molecule has 2 rings (SSSR count). The van der Waals surface area contributed by atoms with Crippen molar-refractivity contribution < 1.29 is 17.6 Å². The van der Waals surface area contributed by atoms with E-state index < -0.39 is 12.2 Å². The summed E-state index contributed by atoms with van der Waals surface area (Å²) in [5.41, 5.74) is 0.759. The van der Waals surface area contributed by atoms with Crippen molar-refractivity contribution in [3.8, 4) is 0 Å². The second kappa shape index (κ2) is 4.93. The van der Waals surface area contributed by atoms with Gasteiger partial charge in [-0.25, -0.2) is 0 Å². The third kappa shape index (κ3) is 2.70. The van der Waals surface area contributed by atoms with Gasteiger partial charge in [-0.3, -0.25) is 4.90 Å². The lowest BCUT2D eigenvalue weighted by Gasteiger charge is -2.34. The largest absolute Gasteiger partial charge is 0.464 e. The fourth-order valence-corrected chi connectivity index (χ4v) is 2.23. The molecule has 1 aliphatic rings. The second-order valence-corrected chi connectivity index (χ2v) is 4.62. The van der Waals surface area contributed by atoms with Gasteiger partial charge in [0.25, 0.3) is 0 Å². The highest BCUT2D eigenvalue weighted by Crippen LogP contribution is 2.39. The molecule has 3 nitrogen and oxygen atoms in total. The van der Waals surface area contributed by atoms with E-state index in [0.717, 1.165) is 5.56 Å². The second-order valence-electron chi connectivity index (χ2n) is 4.62. The zero-order valence-corrected chi connectivity index (χ0v) is 10.5. The van der Waals surface area contributed by atoms with Crippen LogP contribution in [0.4, 0.5) is 13.2 Å². The van der Waals surface area contributed by atoms with Crippen LogP contribution in [0.3, 0.4) is 0 Å². The minimum absolute atomic E-state index is 0.000556. The van der Waals surface area contributed by atoms with Gasteiger partial charge in [-0.15, -0.1) is 0 Å². The molecule has 0 aromatic carbocycles. The van der Waals surface area contributed by atoms with Gasteiger partial charge in [0.1, 0.15) is 11.5 Å². The highest BCUT2D eigenvalue weighted by molar-refractivity contribution is 5.22. The van der Waals surface area contributed by atoms with E-state index in [0.29, 0.717) is 31.9 Å². The highest BCUT2D eigenvalue weighted by atomic mass is 19.4. The van der Waals surface area contributed by atoms with Crippen LogP contribution in [0.15, 0.2) is 10.5 Å². The van der Waals surface area contributed by atoms with E-state index in [1.807, 2.05) is 0 Å². The van der Waals surface area contributed by atoms with Crippen LogP contribution in [0.1, 0.15) is 23.1 Å². The van der Waals surface area contributed by atoms with E-state index in [1.165, 1.54) is 11.0 Å². The number of rotatable bonds is 2. The molecule has 1 aliphatic heterocycles. The fraction of sp³-hybridized carbons (Fsp3) is 0.667. The SMILES string of the molecule is Cc1cc([C@@H](N2CCNCC2)C(F)(F)F)oc1C. The summed E-state index contributed by atoms with van der Waals surface area (Å²) in [6.45, 7) is 5.35. The van der Waals surface area contributed by atoms with Crippen molar-refractivity contribution in [3.63, 3.8) is 0 Å². The van der Waals surface area contributed by atoms with E-state index >= 15 is 0 Å². The number of nitrogens with one attached hydrogen (secondary N) is 1. The summed E-state index contributed by atoms with van der Waals surface area (Å²) >= 11 is 0. The van der Waals surface area contributed by atoms with Crippen molar-refractivity contribution in [1.82, 2.24) is 10.2 Å². The number of aryl methyl sites for hydroxylation is 2. The summed E-state index contributed by atoms with van der Waals surface area (Å²) in [6, 6.07) is -0.137. The Balaban J connectivity index is 2.30. The van der Waals surface area contributed by atoms with Crippen molar-refractivity contribution in [2.75, 3.05) is 26.2 Å². The van der Waals surface area contributed by atoms with Crippen LogP contribution in [-0.2, 0) is 0 Å². The molecule has 0 amide bonds. The van der Waals surface area contributed by atoms with E-state index in [9.17, 15) is 13.2 Å². The van der Waals surface area contributed by atoms with Gasteiger partial charge in [-0.1, -0.05) is 0 Å². The van der Waals surface area contributed by atoms with Crippen molar-refractivity contribution >= 4 is 0 Å². The molecule has 1 fully saturated rings. The Hall–Kier alpha value is -1.01. The Bertz CT molecular complexity index is 388. The first-order valence-corrected chi connectivity index (χ1v) is 5.98. The average Bonchev–Trinajstić information content (AvgIpc) is 2.58. The molecule has 0 unspecified atom stereocenters. The summed E-state index contributed by atoms with van der Waals surface area (Å²) < 4.78 is 44.9. The predicted octanol–water partition coefficient (Wildman–Crippen LogP) is 2.41. The molecule has 1 saturated heterocycles. The zero-order chi connectivity index (χ0) is 13.3. The Kier molecular flexibility index (Phi) is 3.68. The highest BCUT2D eigenvalue weighted by Gasteiger charge is 2.47. The molecule has 6 heteroatoms. The first-order chi connectivity index (χ1) is 8.39. The molecule has 0 radical (unpaired) electrons. The summed E-state index contributed by atoms with van der Waals surface area (Å²) in [5, 5.41) is 3.05. The Morgan fingerprint density at radius 3 is 2.33 bits per heavy atom. The van der Waals surface area contributed by atoms with Crippen LogP contribution in [0, 0.1) is 13.8 Å². The molecule has 2 heterocycles. The van der Waals surface area contributed by atoms with E-state index in [2.05, 4.69) is 5.32 Å². The summed E-state index contributed by atoms with van der Waals surface area (Å²) in [6.07, 6.45) is -4.31. The standard InChI is InChI=1S/C12H17F3N2O/c1-8-7-10(18-9(8)2)11(12(13,14)15)17-5-3-16-4-6-17/h7,11,16H,3-6H2,1-2H3/t11-/m1/s1. The van der Waals surface area contributed by atoms with Gasteiger partial charge in [-0.05, 0) is 25.5 Å². The van der Waals surface area contributed by atoms with Gasteiger partial charge >= 0.3 is 6.18 Å². The monoisotopic (exact) mass is 262 g/mol. The van der Waals surface area contributed by atoms with Crippen LogP contribution in [0.25, 0.3) is 0 Å². The molecule has 18 heavy (non-hydrogen) atoms. The van der Waals surface area contributed by atoms with Crippen molar-refractivity contribution in [2.24, 2.45) is 0 Å². The van der Waals surface area contributed by atoms with Crippen LogP contribution >= 0.6 is 0 Å². The Morgan fingerprint density at radius 1 is 1.28 bits per heavy atom. The maximum Gasteiger partial charge on any atom is 0.411 e. The number of hydrogen-bond acceptors (Lipinski definition) is 3. The van der Waals surface area contributed by atoms with Crippen LogP contribution < -0.4 is 5.32 Å². The Labute approximate surface area is 104 Å². The summed E-state index contributed by atoms with van der Waals surface area (Å²) in [4.78, 5) is 1.42. The zero-order valence-electron chi connectivity index (χ0n) is 10.5. The number of hydrogen-bond donors (Lipinski definition) is 1. The molecule has 102 valence electrons. The molecule has 0 aliphatic carbocycles. The average molecular weight is 262 g/mol. The number of piperazine rings is 1. The molecule has 1 aromatic heterocycles. The minimum atomic E-state index is -4.31. The molecule has 1 atom stereocenters. The maximum absolute atomic E-state index is 13.2. The third-order valence-corrected chi connectivity index (χ3v) is 3.28. The third-order valence-electron chi connectivity index (χ3n) is 3.28. The molecule has 0 saturated carbocycles. The maximum atomic E-state index is 13.2. The minimum Gasteiger partial charge on any atom is -0.464 e. The van der Waals surface area contributed by atoms with Crippen molar-refractivity contribution in [2.45, 2.75) is 26.1 Å². The van der Waals surface area contributed by atoms with Gasteiger partial charge in [-0.2, -0.15) is 13.2 Å². The van der Waals surface area contributed by atoms with Crippen molar-refractivity contribution in [1.29, 1.82) is 0 Å². The van der Waals surface area contributed by atoms with Crippen LogP contribution in [-0.4, -0.2) is 37.3 Å². The predicted molar refractivity (Wildman–Crippen MR) is 61.4 cm³/mol. The normalized spacial score (nSPS) is 20.1. The van der Waals surface area contributed by atoms with E-state index in [4.69, 9.17) is 4.42 Å². The summed E-state index contributed by atoms with van der Waals surface area (Å²) in [5.74, 6) is 0.550. The van der Waals surface area contributed by atoms with E-state index in [1.54, 1.807) is 13.8 Å². The lowest BCUT2D eigenvalue weighted by molar-refractivity contribution is -0.192. The lowest BCUT2D eigenvalue weighted by atomic mass is 10.1. The first-order valence-electron chi connectivity index (χ1n) is 5.98. The molecular weight excluding hydrogens is 245 g/mol. The lowest BCUT2D eigenvalue weighted by Crippen LogP contribution is -2.48. The quantitative estimate of drug-likeness (QED) is 0.887. The fourth-order valence-electron chi connectivity index (χ4n) is 2.23. The number of furan rings is 1. The molecule has 1 aromatic rings. The van der Waals surface area contributed by atoms with Crippen LogP contribution in [0.2, 0.25) is 0 Å². The molecule has 0 spiro atoms. The molecule has 1 N–H and O–H groups in total. The summed E-state index contributed by atoms with van der Waals surface area (Å²) in [7, 11) is 0. The van der Waals surface area contributed by atoms with Gasteiger partial charge in [0.15, 0.2) is 6.04 Å². The van der Waals surface area contributed by atoms with Gasteiger partial charge in [0.2, 0.25) is 0 Å². The number of halogens is 3. The van der Waals surface area contributed by atoms with Gasteiger partial charge in [0, 0.05) is 26.2 Å². The van der Waals surface area contributed by atoms with Gasteiger partial charge in [0.05, 0.1) is 0 Å². The topological polar surface area (TPSA) is 28.4 Å². The molecule has 0 bridgehead atoms. The number of nitrogens with zero attached hydrogens (tertiary/aromatic N) is 1. The molecular formula is C12H17F3N2O. The van der Waals surface area contributed by atoms with Crippen molar-refractivity contribution in [3.05, 3.63) is 23.2 Å². The van der Waals surface area contributed by atoms with E-state index in [-0.39, 0.29) is 5.76 Å². The smallest absolute Gasteiger partial charge is 0.411 e. The first kappa shape index (κ1) is 13.4. The van der Waals surface area contributed by atoms with Crippen LogP contribution in [0.5, 0.6) is 0 Å². The Morgan fingerprint density at radius 2 is 1.89 bits per heavy atom. The van der Waals surface area contributed by atoms with Gasteiger partial charge < -0.3 is 9.73 Å². The number of alkyl halides is 3.